The standard InChI is InChI=1S/C20H22O6/c1-10(22)5-14(23)8-12-7-13-6-11-3-2-4-16(24)17(11)20(26)18(13)19(25)15(12)9-21/h2-4,12-13,15,21,24-25H,5-9H2,1H3. The van der Waals surface area contributed by atoms with Crippen LogP contribution in [0.4, 0.5) is 0 Å². The van der Waals surface area contributed by atoms with Crippen LogP contribution in [0.3, 0.4) is 0 Å². The minimum atomic E-state index is -0.714. The monoisotopic (exact) mass is 358 g/mol. The van der Waals surface area contributed by atoms with Gasteiger partial charge in [0, 0.05) is 17.9 Å². The van der Waals surface area contributed by atoms with Crippen LogP contribution < -0.4 is 0 Å². The molecule has 0 fully saturated rings. The minimum Gasteiger partial charge on any atom is -0.511 e. The largest absolute Gasteiger partial charge is 0.511 e. The van der Waals surface area contributed by atoms with E-state index in [4.69, 9.17) is 0 Å². The van der Waals surface area contributed by atoms with Crippen molar-refractivity contribution in [3.63, 3.8) is 0 Å². The van der Waals surface area contributed by atoms with Gasteiger partial charge in [-0.05, 0) is 43.2 Å². The molecule has 0 bridgehead atoms. The first-order chi connectivity index (χ1) is 12.3. The Balaban J connectivity index is 1.95. The average Bonchev–Trinajstić information content (AvgIpc) is 2.53. The highest BCUT2D eigenvalue weighted by Gasteiger charge is 2.43. The van der Waals surface area contributed by atoms with E-state index in [1.165, 1.54) is 13.0 Å². The van der Waals surface area contributed by atoms with E-state index in [9.17, 15) is 29.7 Å². The molecule has 3 N–H and O–H groups in total. The second kappa shape index (κ2) is 7.03. The van der Waals surface area contributed by atoms with Gasteiger partial charge >= 0.3 is 0 Å². The van der Waals surface area contributed by atoms with Gasteiger partial charge in [-0.3, -0.25) is 14.4 Å². The first kappa shape index (κ1) is 18.3. The zero-order valence-corrected chi connectivity index (χ0v) is 14.6. The summed E-state index contributed by atoms with van der Waals surface area (Å²) in [7, 11) is 0. The van der Waals surface area contributed by atoms with E-state index in [1.54, 1.807) is 12.1 Å². The molecule has 0 aliphatic heterocycles. The Bertz CT molecular complexity index is 807. The molecule has 3 unspecified atom stereocenters. The van der Waals surface area contributed by atoms with Gasteiger partial charge in [-0.2, -0.15) is 0 Å². The lowest BCUT2D eigenvalue weighted by molar-refractivity contribution is -0.126. The van der Waals surface area contributed by atoms with Gasteiger partial charge in [0.2, 0.25) is 0 Å². The number of fused-ring (bicyclic) bond motifs is 2. The zero-order chi connectivity index (χ0) is 19.0. The van der Waals surface area contributed by atoms with Crippen molar-refractivity contribution >= 4 is 17.3 Å². The molecule has 0 aromatic heterocycles. The molecule has 2 aliphatic rings. The van der Waals surface area contributed by atoms with Gasteiger partial charge in [-0.1, -0.05) is 12.1 Å². The third kappa shape index (κ3) is 3.17. The molecule has 6 heteroatoms. The predicted molar refractivity (Wildman–Crippen MR) is 92.9 cm³/mol. The number of aliphatic hydroxyl groups is 2. The van der Waals surface area contributed by atoms with Crippen molar-refractivity contribution < 1.29 is 29.7 Å². The highest BCUT2D eigenvalue weighted by Crippen LogP contribution is 2.46. The van der Waals surface area contributed by atoms with Crippen molar-refractivity contribution in [2.75, 3.05) is 6.61 Å². The van der Waals surface area contributed by atoms with Crippen molar-refractivity contribution in [1.29, 1.82) is 0 Å². The second-order valence-electron chi connectivity index (χ2n) is 7.25. The molecule has 2 aliphatic carbocycles. The first-order valence-electron chi connectivity index (χ1n) is 8.74. The Hall–Kier alpha value is -2.47. The number of phenolic OH excluding ortho intramolecular Hbond substituents is 1. The number of ketones is 3. The van der Waals surface area contributed by atoms with Crippen LogP contribution in [0, 0.1) is 17.8 Å². The smallest absolute Gasteiger partial charge is 0.196 e. The van der Waals surface area contributed by atoms with E-state index in [1.807, 2.05) is 0 Å². The van der Waals surface area contributed by atoms with Gasteiger partial charge in [-0.25, -0.2) is 0 Å². The number of benzene rings is 1. The normalized spacial score (nSPS) is 24.8. The second-order valence-corrected chi connectivity index (χ2v) is 7.25. The summed E-state index contributed by atoms with van der Waals surface area (Å²) in [6, 6.07) is 4.88. The van der Waals surface area contributed by atoms with Crippen molar-refractivity contribution in [1.82, 2.24) is 0 Å². The molecule has 3 atom stereocenters. The Kier molecular flexibility index (Phi) is 4.96. The van der Waals surface area contributed by atoms with Crippen LogP contribution in [0.15, 0.2) is 29.5 Å². The molecule has 0 radical (unpaired) electrons. The Morgan fingerprint density at radius 2 is 1.96 bits per heavy atom. The molecule has 1 aromatic carbocycles. The Labute approximate surface area is 151 Å². The van der Waals surface area contributed by atoms with E-state index in [-0.39, 0.29) is 65.5 Å². The summed E-state index contributed by atoms with van der Waals surface area (Å²) in [6.45, 7) is 0.960. The number of hydrogen-bond donors (Lipinski definition) is 3. The van der Waals surface area contributed by atoms with Gasteiger partial charge in [0.05, 0.1) is 18.6 Å². The molecule has 0 spiro atoms. The minimum absolute atomic E-state index is 0.0831. The molecule has 0 saturated heterocycles. The molecular weight excluding hydrogens is 336 g/mol. The fourth-order valence-electron chi connectivity index (χ4n) is 4.29. The lowest BCUT2D eigenvalue weighted by Crippen LogP contribution is -2.37. The molecule has 0 amide bonds. The Morgan fingerprint density at radius 3 is 2.62 bits per heavy atom. The predicted octanol–water partition coefficient (Wildman–Crippen LogP) is 2.13. The molecule has 26 heavy (non-hydrogen) atoms. The highest BCUT2D eigenvalue weighted by molar-refractivity contribution is 6.13. The van der Waals surface area contributed by atoms with Gasteiger partial charge in [-0.15, -0.1) is 0 Å². The summed E-state index contributed by atoms with van der Waals surface area (Å²) in [6.07, 6.45) is 0.867. The van der Waals surface area contributed by atoms with Crippen LogP contribution in [-0.2, 0) is 16.0 Å². The summed E-state index contributed by atoms with van der Waals surface area (Å²) in [4.78, 5) is 36.1. The van der Waals surface area contributed by atoms with E-state index in [0.29, 0.717) is 18.4 Å². The molecule has 0 heterocycles. The van der Waals surface area contributed by atoms with E-state index in [2.05, 4.69) is 0 Å². The van der Waals surface area contributed by atoms with Crippen molar-refractivity contribution in [2.24, 2.45) is 17.8 Å². The number of hydrogen-bond acceptors (Lipinski definition) is 6. The lowest BCUT2D eigenvalue weighted by Gasteiger charge is -2.38. The number of phenols is 1. The van der Waals surface area contributed by atoms with Crippen molar-refractivity contribution in [2.45, 2.75) is 32.6 Å². The summed E-state index contributed by atoms with van der Waals surface area (Å²) >= 11 is 0. The third-order valence-electron chi connectivity index (χ3n) is 5.39. The molecular formula is C20H22O6. The molecule has 0 saturated carbocycles. The summed E-state index contributed by atoms with van der Waals surface area (Å²) < 4.78 is 0. The zero-order valence-electron chi connectivity index (χ0n) is 14.6. The van der Waals surface area contributed by atoms with E-state index < -0.39 is 11.7 Å². The van der Waals surface area contributed by atoms with Crippen molar-refractivity contribution in [3.8, 4) is 5.75 Å². The van der Waals surface area contributed by atoms with E-state index >= 15 is 0 Å². The maximum Gasteiger partial charge on any atom is 0.196 e. The number of allylic oxidation sites excluding steroid dienone is 1. The molecule has 6 nitrogen and oxygen atoms in total. The SMILES string of the molecule is CC(=O)CC(=O)CC1CC2Cc3cccc(O)c3C(=O)C2=C(O)C1CO. The molecule has 1 aromatic rings. The van der Waals surface area contributed by atoms with Gasteiger partial charge < -0.3 is 15.3 Å². The van der Waals surface area contributed by atoms with Gasteiger partial charge in [0.25, 0.3) is 0 Å². The maximum absolute atomic E-state index is 12.8. The first-order valence-corrected chi connectivity index (χ1v) is 8.74. The number of aromatic hydroxyl groups is 1. The Morgan fingerprint density at radius 1 is 1.23 bits per heavy atom. The van der Waals surface area contributed by atoms with Crippen LogP contribution in [0.2, 0.25) is 0 Å². The van der Waals surface area contributed by atoms with Crippen LogP contribution in [0.5, 0.6) is 5.75 Å². The molecule has 3 rings (SSSR count). The number of carbonyl (C=O) groups is 3. The summed E-state index contributed by atoms with van der Waals surface area (Å²) in [5, 5.41) is 30.4. The number of Topliss-reactive ketones (excluding diaryl/α,β-unsaturated/α-hetero) is 3. The average molecular weight is 358 g/mol. The van der Waals surface area contributed by atoms with Crippen molar-refractivity contribution in [3.05, 3.63) is 40.7 Å². The fourth-order valence-corrected chi connectivity index (χ4v) is 4.29. The molecule has 138 valence electrons. The fraction of sp³-hybridized carbons (Fsp3) is 0.450. The van der Waals surface area contributed by atoms with Crippen LogP contribution >= 0.6 is 0 Å². The van der Waals surface area contributed by atoms with E-state index in [0.717, 1.165) is 0 Å². The van der Waals surface area contributed by atoms with Crippen LogP contribution in [0.25, 0.3) is 0 Å². The maximum atomic E-state index is 12.8. The topological polar surface area (TPSA) is 112 Å². The third-order valence-corrected chi connectivity index (χ3v) is 5.39. The van der Waals surface area contributed by atoms with Gasteiger partial charge in [0.1, 0.15) is 23.1 Å². The number of aliphatic hydroxyl groups excluding tert-OH is 2. The lowest BCUT2D eigenvalue weighted by atomic mass is 9.66. The highest BCUT2D eigenvalue weighted by atomic mass is 16.3. The quantitative estimate of drug-likeness (QED) is 0.695. The van der Waals surface area contributed by atoms with Crippen LogP contribution in [0.1, 0.15) is 42.1 Å². The number of carbonyl (C=O) groups excluding carboxylic acids is 3. The van der Waals surface area contributed by atoms with Gasteiger partial charge in [0.15, 0.2) is 5.78 Å². The summed E-state index contributed by atoms with van der Waals surface area (Å²) in [5.41, 5.74) is 1.15. The number of rotatable bonds is 5. The summed E-state index contributed by atoms with van der Waals surface area (Å²) in [5.74, 6) is -2.48. The van der Waals surface area contributed by atoms with Crippen LogP contribution in [-0.4, -0.2) is 39.3 Å².